The lowest BCUT2D eigenvalue weighted by Gasteiger charge is -2.28. The maximum absolute atomic E-state index is 13.2. The largest absolute Gasteiger partial charge is 0.307 e. The molecule has 27 heavy (non-hydrogen) atoms. The van der Waals surface area contributed by atoms with Crippen LogP contribution in [0.5, 0.6) is 0 Å². The van der Waals surface area contributed by atoms with E-state index in [0.717, 1.165) is 40.2 Å². The van der Waals surface area contributed by atoms with E-state index >= 15 is 0 Å². The molecule has 5 heteroatoms. The number of benzene rings is 2. The van der Waals surface area contributed by atoms with Gasteiger partial charge in [0.05, 0.1) is 17.9 Å². The van der Waals surface area contributed by atoms with E-state index < -0.39 is 0 Å². The minimum absolute atomic E-state index is 0.157. The van der Waals surface area contributed by atoms with Gasteiger partial charge in [-0.3, -0.25) is 4.79 Å². The van der Waals surface area contributed by atoms with Crippen molar-refractivity contribution in [2.75, 3.05) is 4.90 Å². The lowest BCUT2D eigenvalue weighted by Crippen LogP contribution is -2.31. The average molecular weight is 360 g/mol. The highest BCUT2D eigenvalue weighted by Gasteiger charge is 2.28. The summed E-state index contributed by atoms with van der Waals surface area (Å²) < 4.78 is 1.80. The normalized spacial score (nSPS) is 12.8. The molecule has 0 aliphatic carbocycles. The number of hydrogen-bond donors (Lipinski definition) is 0. The molecular weight excluding hydrogens is 336 g/mol. The van der Waals surface area contributed by atoms with Crippen molar-refractivity contribution in [3.8, 4) is 22.5 Å². The van der Waals surface area contributed by atoms with Gasteiger partial charge in [-0.15, -0.1) is 5.10 Å². The average Bonchev–Trinajstić information content (AvgIpc) is 3.04. The molecule has 0 fully saturated rings. The van der Waals surface area contributed by atoms with E-state index in [1.807, 2.05) is 48.3 Å². The van der Waals surface area contributed by atoms with Crippen LogP contribution in [0.2, 0.25) is 0 Å². The van der Waals surface area contributed by atoms with Crippen molar-refractivity contribution >= 4 is 11.6 Å². The van der Waals surface area contributed by atoms with Crippen LogP contribution in [0, 0.1) is 5.92 Å². The molecule has 0 unspecified atom stereocenters. The van der Waals surface area contributed by atoms with Crippen molar-refractivity contribution in [2.45, 2.75) is 33.2 Å². The highest BCUT2D eigenvalue weighted by Crippen LogP contribution is 2.40. The van der Waals surface area contributed by atoms with Crippen LogP contribution < -0.4 is 4.90 Å². The molecule has 4 rings (SSSR count). The molecule has 5 nitrogen and oxygen atoms in total. The number of anilines is 1. The van der Waals surface area contributed by atoms with Gasteiger partial charge in [-0.2, -0.15) is 0 Å². The van der Waals surface area contributed by atoms with E-state index in [9.17, 15) is 4.79 Å². The van der Waals surface area contributed by atoms with Gasteiger partial charge in [-0.25, -0.2) is 4.68 Å². The van der Waals surface area contributed by atoms with Crippen LogP contribution in [0.15, 0.2) is 48.5 Å². The topological polar surface area (TPSA) is 51.0 Å². The molecule has 138 valence electrons. The Morgan fingerprint density at radius 3 is 2.56 bits per heavy atom. The first-order chi connectivity index (χ1) is 13.1. The monoisotopic (exact) mass is 360 g/mol. The molecule has 0 N–H and O–H groups in total. The number of carbonyl (C=O) groups excluding carboxylic acids is 1. The number of carbonyl (C=O) groups is 1. The van der Waals surface area contributed by atoms with Gasteiger partial charge in [-0.1, -0.05) is 61.5 Å². The number of aromatic nitrogens is 3. The molecule has 0 saturated heterocycles. The Bertz CT molecular complexity index is 989. The van der Waals surface area contributed by atoms with E-state index in [-0.39, 0.29) is 5.91 Å². The number of amides is 1. The Labute approximate surface area is 159 Å². The van der Waals surface area contributed by atoms with Gasteiger partial charge in [0, 0.05) is 24.6 Å². The van der Waals surface area contributed by atoms with Crippen molar-refractivity contribution < 1.29 is 4.79 Å². The maximum Gasteiger partial charge on any atom is 0.227 e. The molecule has 2 heterocycles. The molecule has 0 saturated carbocycles. The van der Waals surface area contributed by atoms with Crippen LogP contribution in [-0.2, 0) is 18.4 Å². The number of aryl methyl sites for hydroxylation is 1. The number of hydrogen-bond acceptors (Lipinski definition) is 3. The van der Waals surface area contributed by atoms with E-state index in [1.165, 1.54) is 0 Å². The van der Waals surface area contributed by atoms with Crippen molar-refractivity contribution in [1.29, 1.82) is 0 Å². The SMILES string of the molecule is CC(C)CCC(=O)N1Cc2ccccc2-c2nnn(C)c2-c2ccccc21. The fraction of sp³-hybridized carbons (Fsp3) is 0.318. The molecule has 0 bridgehead atoms. The second-order valence-corrected chi connectivity index (χ2v) is 7.50. The standard InChI is InChI=1S/C22H24N4O/c1-15(2)12-13-20(27)26-14-16-8-4-5-9-17(16)21-22(25(3)24-23-21)18-10-6-7-11-19(18)26/h4-11,15H,12-14H2,1-3H3. The summed E-state index contributed by atoms with van der Waals surface area (Å²) in [6.07, 6.45) is 1.43. The Morgan fingerprint density at radius 1 is 1.07 bits per heavy atom. The summed E-state index contributed by atoms with van der Waals surface area (Å²) in [4.78, 5) is 15.1. The van der Waals surface area contributed by atoms with Crippen molar-refractivity contribution in [2.24, 2.45) is 13.0 Å². The predicted octanol–water partition coefficient (Wildman–Crippen LogP) is 4.43. The second-order valence-electron chi connectivity index (χ2n) is 7.50. The summed E-state index contributed by atoms with van der Waals surface area (Å²) in [6, 6.07) is 16.2. The summed E-state index contributed by atoms with van der Waals surface area (Å²) in [5.74, 6) is 0.656. The van der Waals surface area contributed by atoms with Crippen LogP contribution in [-0.4, -0.2) is 20.9 Å². The highest BCUT2D eigenvalue weighted by atomic mass is 16.2. The zero-order valence-corrected chi connectivity index (χ0v) is 16.0. The van der Waals surface area contributed by atoms with E-state index in [1.54, 1.807) is 4.68 Å². The lowest BCUT2D eigenvalue weighted by molar-refractivity contribution is -0.119. The van der Waals surface area contributed by atoms with Crippen molar-refractivity contribution in [3.63, 3.8) is 0 Å². The number of rotatable bonds is 3. The Hall–Kier alpha value is -2.95. The molecule has 1 aromatic heterocycles. The Balaban J connectivity index is 1.91. The Morgan fingerprint density at radius 2 is 1.78 bits per heavy atom. The molecule has 0 spiro atoms. The Kier molecular flexibility index (Phi) is 4.52. The molecule has 1 aliphatic heterocycles. The van der Waals surface area contributed by atoms with E-state index in [0.29, 0.717) is 18.9 Å². The van der Waals surface area contributed by atoms with Gasteiger partial charge >= 0.3 is 0 Å². The minimum atomic E-state index is 0.157. The van der Waals surface area contributed by atoms with Gasteiger partial charge < -0.3 is 4.90 Å². The third-order valence-electron chi connectivity index (χ3n) is 5.11. The summed E-state index contributed by atoms with van der Waals surface area (Å²) in [5.41, 5.74) is 5.86. The lowest BCUT2D eigenvalue weighted by atomic mass is 9.95. The van der Waals surface area contributed by atoms with Gasteiger partial charge in [0.2, 0.25) is 5.91 Å². The quantitative estimate of drug-likeness (QED) is 0.694. The van der Waals surface area contributed by atoms with Gasteiger partial charge in [0.15, 0.2) is 0 Å². The van der Waals surface area contributed by atoms with Crippen molar-refractivity contribution in [3.05, 3.63) is 54.1 Å². The molecular formula is C22H24N4O. The molecule has 2 aromatic carbocycles. The molecule has 0 radical (unpaired) electrons. The van der Waals surface area contributed by atoms with Crippen LogP contribution >= 0.6 is 0 Å². The fourth-order valence-corrected chi connectivity index (χ4v) is 3.66. The fourth-order valence-electron chi connectivity index (χ4n) is 3.66. The first kappa shape index (κ1) is 17.5. The predicted molar refractivity (Wildman–Crippen MR) is 107 cm³/mol. The summed E-state index contributed by atoms with van der Waals surface area (Å²) in [5, 5.41) is 8.71. The molecule has 3 aromatic rings. The smallest absolute Gasteiger partial charge is 0.227 e. The van der Waals surface area contributed by atoms with Crippen molar-refractivity contribution in [1.82, 2.24) is 15.0 Å². The van der Waals surface area contributed by atoms with Crippen LogP contribution in [0.1, 0.15) is 32.3 Å². The number of nitrogens with zero attached hydrogens (tertiary/aromatic N) is 4. The third kappa shape index (κ3) is 3.14. The van der Waals surface area contributed by atoms with Gasteiger partial charge in [0.1, 0.15) is 5.69 Å². The number of fused-ring (bicyclic) bond motifs is 5. The minimum Gasteiger partial charge on any atom is -0.307 e. The summed E-state index contributed by atoms with van der Waals surface area (Å²) in [6.45, 7) is 4.84. The first-order valence-corrected chi connectivity index (χ1v) is 9.44. The van der Waals surface area contributed by atoms with Crippen LogP contribution in [0.3, 0.4) is 0 Å². The maximum atomic E-state index is 13.2. The van der Waals surface area contributed by atoms with E-state index in [2.05, 4.69) is 36.3 Å². The number of para-hydroxylation sites is 1. The van der Waals surface area contributed by atoms with Gasteiger partial charge in [0.25, 0.3) is 0 Å². The summed E-state index contributed by atoms with van der Waals surface area (Å²) >= 11 is 0. The molecule has 0 atom stereocenters. The second kappa shape index (κ2) is 6.99. The summed E-state index contributed by atoms with van der Waals surface area (Å²) in [7, 11) is 1.90. The van der Waals surface area contributed by atoms with E-state index in [4.69, 9.17) is 0 Å². The zero-order chi connectivity index (χ0) is 19.0. The zero-order valence-electron chi connectivity index (χ0n) is 16.0. The molecule has 1 aliphatic rings. The highest BCUT2D eigenvalue weighted by molar-refractivity contribution is 6.00. The molecule has 1 amide bonds. The van der Waals surface area contributed by atoms with Gasteiger partial charge in [-0.05, 0) is 24.0 Å². The third-order valence-corrected chi connectivity index (χ3v) is 5.11. The van der Waals surface area contributed by atoms with Crippen LogP contribution in [0.25, 0.3) is 22.5 Å². The van der Waals surface area contributed by atoms with Crippen LogP contribution in [0.4, 0.5) is 5.69 Å². The first-order valence-electron chi connectivity index (χ1n) is 9.44.